The highest BCUT2D eigenvalue weighted by Crippen LogP contribution is 2.47. The molecule has 0 saturated carbocycles. The van der Waals surface area contributed by atoms with E-state index in [0.29, 0.717) is 6.92 Å². The molecule has 0 spiro atoms. The molecule has 9 heteroatoms. The maximum Gasteiger partial charge on any atom is 0.435 e. The van der Waals surface area contributed by atoms with E-state index in [1.54, 1.807) is 0 Å². The van der Waals surface area contributed by atoms with E-state index in [2.05, 4.69) is 0 Å². The highest BCUT2D eigenvalue weighted by atomic mass is 19.4. The minimum atomic E-state index is -6.30. The average Bonchev–Trinajstić information content (AvgIpc) is 1.99. The Kier molecular flexibility index (Phi) is 3.63. The zero-order valence-electron chi connectivity index (χ0n) is 7.54. The summed E-state index contributed by atoms with van der Waals surface area (Å²) in [6, 6.07) is 0. The van der Waals surface area contributed by atoms with Crippen molar-refractivity contribution in [3.8, 4) is 0 Å². The molecule has 0 rings (SSSR count). The first-order valence-corrected chi connectivity index (χ1v) is 3.56. The van der Waals surface area contributed by atoms with E-state index < -0.39 is 35.6 Å². The van der Waals surface area contributed by atoms with Crippen LogP contribution in [0.3, 0.4) is 0 Å². The third-order valence-electron chi connectivity index (χ3n) is 1.56. The number of rotatable bonds is 2. The van der Waals surface area contributed by atoms with Gasteiger partial charge >= 0.3 is 18.0 Å². The lowest BCUT2D eigenvalue weighted by Gasteiger charge is -2.27. The van der Waals surface area contributed by atoms with Crippen LogP contribution in [0.15, 0.2) is 11.6 Å². The topological polar surface area (TPSA) is 40.1 Å². The Morgan fingerprint density at radius 2 is 1.31 bits per heavy atom. The predicted molar refractivity (Wildman–Crippen MR) is 34.7 cm³/mol. The Hall–Kier alpha value is -1.28. The molecular formula is C7H4F7O2-. The maximum absolute atomic E-state index is 12.8. The van der Waals surface area contributed by atoms with Crippen LogP contribution >= 0.6 is 0 Å². The standard InChI is InChI=1S/C7H5F7O2/c1-3(4(15)16)2-5(8,6(9,10)11)7(12,13)14/h2H,1H3,(H,15,16)/p-1. The van der Waals surface area contributed by atoms with Crippen LogP contribution in [0.4, 0.5) is 30.7 Å². The van der Waals surface area contributed by atoms with Gasteiger partial charge in [-0.2, -0.15) is 26.3 Å². The van der Waals surface area contributed by atoms with Crippen LogP contribution in [0.5, 0.6) is 0 Å². The number of aliphatic carboxylic acids is 1. The van der Waals surface area contributed by atoms with Gasteiger partial charge in [-0.25, -0.2) is 4.39 Å². The average molecular weight is 253 g/mol. The molecule has 0 aromatic carbocycles. The summed E-state index contributed by atoms with van der Waals surface area (Å²) in [6.07, 6.45) is -13.7. The van der Waals surface area contributed by atoms with E-state index in [-0.39, 0.29) is 0 Å². The molecule has 0 fully saturated rings. The number of carbonyl (C=O) groups excluding carboxylic acids is 1. The molecule has 0 atom stereocenters. The molecule has 94 valence electrons. The van der Waals surface area contributed by atoms with Gasteiger partial charge in [-0.05, 0) is 18.6 Å². The molecule has 0 radical (unpaired) electrons. The first-order valence-electron chi connectivity index (χ1n) is 3.56. The van der Waals surface area contributed by atoms with Gasteiger partial charge in [0.25, 0.3) is 0 Å². The molecule has 0 amide bonds. The fourth-order valence-corrected chi connectivity index (χ4v) is 0.682. The number of carboxylic acid groups (broad SMARTS) is 1. The minimum Gasteiger partial charge on any atom is -0.545 e. The molecule has 0 unspecified atom stereocenters. The van der Waals surface area contributed by atoms with Gasteiger partial charge in [-0.1, -0.05) is 0 Å². The van der Waals surface area contributed by atoms with Crippen LogP contribution in [0.2, 0.25) is 0 Å². The van der Waals surface area contributed by atoms with E-state index in [1.165, 1.54) is 0 Å². The molecule has 0 saturated heterocycles. The summed E-state index contributed by atoms with van der Waals surface area (Å²) in [4.78, 5) is 9.95. The van der Waals surface area contributed by atoms with E-state index in [4.69, 9.17) is 0 Å². The van der Waals surface area contributed by atoms with Crippen LogP contribution in [-0.2, 0) is 4.79 Å². The van der Waals surface area contributed by atoms with Crippen LogP contribution in [0.25, 0.3) is 0 Å². The summed E-state index contributed by atoms with van der Waals surface area (Å²) < 4.78 is 84.0. The SMILES string of the molecule is CC(=CC(F)(C(F)(F)F)C(F)(F)F)C(=O)[O-]. The number of alkyl halides is 7. The molecule has 0 aliphatic rings. The second kappa shape index (κ2) is 3.95. The molecule has 0 aromatic rings. The van der Waals surface area contributed by atoms with Crippen molar-refractivity contribution in [1.82, 2.24) is 0 Å². The molecule has 16 heavy (non-hydrogen) atoms. The monoisotopic (exact) mass is 253 g/mol. The van der Waals surface area contributed by atoms with Gasteiger partial charge in [0, 0.05) is 0 Å². The maximum atomic E-state index is 12.8. The molecule has 0 aromatic heterocycles. The molecular weight excluding hydrogens is 249 g/mol. The van der Waals surface area contributed by atoms with Crippen LogP contribution < -0.4 is 5.11 Å². The van der Waals surface area contributed by atoms with E-state index in [0.717, 1.165) is 0 Å². The zero-order chi connectivity index (χ0) is 13.4. The normalized spacial score (nSPS) is 15.1. The van der Waals surface area contributed by atoms with Crippen molar-refractivity contribution in [2.45, 2.75) is 24.9 Å². The second-order valence-electron chi connectivity index (χ2n) is 2.82. The largest absolute Gasteiger partial charge is 0.545 e. The van der Waals surface area contributed by atoms with Crippen molar-refractivity contribution in [3.05, 3.63) is 11.6 Å². The van der Waals surface area contributed by atoms with Gasteiger partial charge in [-0.3, -0.25) is 0 Å². The Labute approximate surface area is 84.4 Å². The summed E-state index contributed by atoms with van der Waals surface area (Å²) in [6.45, 7) is 0.362. The van der Waals surface area contributed by atoms with Crippen molar-refractivity contribution in [1.29, 1.82) is 0 Å². The molecule has 2 nitrogen and oxygen atoms in total. The molecule has 0 aliphatic heterocycles. The van der Waals surface area contributed by atoms with Crippen molar-refractivity contribution in [2.75, 3.05) is 0 Å². The molecule has 0 heterocycles. The van der Waals surface area contributed by atoms with Gasteiger partial charge in [0.2, 0.25) is 0 Å². The number of allylic oxidation sites excluding steroid dienone is 1. The quantitative estimate of drug-likeness (QED) is 0.553. The summed E-state index contributed by atoms with van der Waals surface area (Å²) in [5, 5.41) is 9.95. The van der Waals surface area contributed by atoms with Crippen LogP contribution in [-0.4, -0.2) is 24.0 Å². The Balaban J connectivity index is 5.64. The molecule has 0 aliphatic carbocycles. The van der Waals surface area contributed by atoms with Crippen LogP contribution in [0, 0.1) is 0 Å². The Bertz CT molecular complexity index is 298. The number of halogens is 7. The number of carboxylic acids is 1. The van der Waals surface area contributed by atoms with Crippen molar-refractivity contribution in [2.24, 2.45) is 0 Å². The van der Waals surface area contributed by atoms with Gasteiger partial charge in [0.05, 0.1) is 5.97 Å². The highest BCUT2D eigenvalue weighted by Gasteiger charge is 2.71. The lowest BCUT2D eigenvalue weighted by molar-refractivity contribution is -0.322. The predicted octanol–water partition coefficient (Wildman–Crippen LogP) is 1.52. The van der Waals surface area contributed by atoms with E-state index >= 15 is 0 Å². The van der Waals surface area contributed by atoms with Crippen molar-refractivity contribution >= 4 is 5.97 Å². The third-order valence-corrected chi connectivity index (χ3v) is 1.56. The molecule has 0 bridgehead atoms. The van der Waals surface area contributed by atoms with Gasteiger partial charge in [0.1, 0.15) is 0 Å². The Morgan fingerprint density at radius 3 is 1.50 bits per heavy atom. The van der Waals surface area contributed by atoms with Gasteiger partial charge in [-0.15, -0.1) is 0 Å². The van der Waals surface area contributed by atoms with Gasteiger partial charge in [0.15, 0.2) is 0 Å². The summed E-state index contributed by atoms with van der Waals surface area (Å²) >= 11 is 0. The van der Waals surface area contributed by atoms with Crippen molar-refractivity contribution in [3.63, 3.8) is 0 Å². The number of carbonyl (C=O) groups is 1. The smallest absolute Gasteiger partial charge is 0.435 e. The van der Waals surface area contributed by atoms with Crippen molar-refractivity contribution < 1.29 is 40.6 Å². The summed E-state index contributed by atoms with van der Waals surface area (Å²) in [7, 11) is 0. The molecule has 0 N–H and O–H groups in total. The summed E-state index contributed by atoms with van der Waals surface area (Å²) in [5.74, 6) is -2.32. The zero-order valence-corrected chi connectivity index (χ0v) is 7.54. The third kappa shape index (κ3) is 2.64. The number of hydrogen-bond donors (Lipinski definition) is 0. The first kappa shape index (κ1) is 14.7. The number of hydrogen-bond acceptors (Lipinski definition) is 2. The fraction of sp³-hybridized carbons (Fsp3) is 0.571. The van der Waals surface area contributed by atoms with E-state index in [9.17, 15) is 40.6 Å². The minimum absolute atomic E-state index is 0.362. The van der Waals surface area contributed by atoms with E-state index in [1.807, 2.05) is 0 Å². The second-order valence-corrected chi connectivity index (χ2v) is 2.82. The lowest BCUT2D eigenvalue weighted by Crippen LogP contribution is -2.52. The summed E-state index contributed by atoms with van der Waals surface area (Å²) in [5.41, 5.74) is -7.21. The lowest BCUT2D eigenvalue weighted by atomic mass is 10.0. The van der Waals surface area contributed by atoms with Gasteiger partial charge < -0.3 is 9.90 Å². The Morgan fingerprint density at radius 1 is 1.00 bits per heavy atom. The first-order chi connectivity index (χ1) is 6.83. The van der Waals surface area contributed by atoms with Crippen LogP contribution in [0.1, 0.15) is 6.92 Å². The highest BCUT2D eigenvalue weighted by molar-refractivity contribution is 5.84. The fourth-order valence-electron chi connectivity index (χ4n) is 0.682.